The summed E-state index contributed by atoms with van der Waals surface area (Å²) in [4.78, 5) is 15.3. The molecule has 0 unspecified atom stereocenters. The van der Waals surface area contributed by atoms with Gasteiger partial charge in [0.05, 0.1) is 11.6 Å². The highest BCUT2D eigenvalue weighted by molar-refractivity contribution is 5.93. The number of anilines is 1. The van der Waals surface area contributed by atoms with Gasteiger partial charge in [0.2, 0.25) is 5.95 Å². The predicted molar refractivity (Wildman–Crippen MR) is 99.2 cm³/mol. The molecule has 4 aromatic heterocycles. The quantitative estimate of drug-likeness (QED) is 0.446. The summed E-state index contributed by atoms with van der Waals surface area (Å²) < 4.78 is 66.9. The molecule has 5 rings (SSSR count). The third-order valence-electron chi connectivity index (χ3n) is 5.54. The number of aromatic nitrogens is 5. The van der Waals surface area contributed by atoms with Crippen LogP contribution in [0, 0.1) is 5.41 Å². The summed E-state index contributed by atoms with van der Waals surface area (Å²) in [5, 5.41) is 3.30. The van der Waals surface area contributed by atoms with Gasteiger partial charge in [-0.05, 0) is 25.0 Å². The first-order chi connectivity index (χ1) is 14.3. The molecule has 0 bridgehead atoms. The first kappa shape index (κ1) is 18.8. The van der Waals surface area contributed by atoms with E-state index in [4.69, 9.17) is 0 Å². The minimum atomic E-state index is -4.26. The number of rotatable bonds is 5. The molecular weight excluding hydrogens is 407 g/mol. The summed E-state index contributed by atoms with van der Waals surface area (Å²) in [7, 11) is 0. The number of imidazole rings is 1. The highest BCUT2D eigenvalue weighted by Crippen LogP contribution is 2.57. The standard InChI is InChI=1S/C19H15F5N6/c20-15(21)13-7-25-14-2-1-10(8-30(13)14)11-5-26-16-12(11)6-27-17(29-16)28-9-18(3-4-18)19(22,23)24/h1-2,5-8,15H,3-4,9H2,(H2,26,27,28,29). The Kier molecular flexibility index (Phi) is 3.99. The van der Waals surface area contributed by atoms with Gasteiger partial charge < -0.3 is 10.3 Å². The van der Waals surface area contributed by atoms with E-state index in [9.17, 15) is 22.0 Å². The number of nitrogens with zero attached hydrogens (tertiary/aromatic N) is 4. The Morgan fingerprint density at radius 3 is 2.67 bits per heavy atom. The van der Waals surface area contributed by atoms with E-state index in [0.717, 1.165) is 6.20 Å². The lowest BCUT2D eigenvalue weighted by atomic mass is 10.1. The van der Waals surface area contributed by atoms with Crippen molar-refractivity contribution in [3.05, 3.63) is 42.6 Å². The van der Waals surface area contributed by atoms with Gasteiger partial charge in [-0.25, -0.2) is 18.7 Å². The minimum Gasteiger partial charge on any atom is -0.353 e. The lowest BCUT2D eigenvalue weighted by Crippen LogP contribution is -2.31. The fraction of sp³-hybridized carbons (Fsp3) is 0.316. The van der Waals surface area contributed by atoms with Gasteiger partial charge in [0.1, 0.15) is 17.0 Å². The van der Waals surface area contributed by atoms with E-state index >= 15 is 0 Å². The fourth-order valence-electron chi connectivity index (χ4n) is 3.51. The molecule has 6 nitrogen and oxygen atoms in total. The smallest absolute Gasteiger partial charge is 0.353 e. The SMILES string of the molecule is FC(F)c1cnc2ccc(-c3c[nH]c4nc(NCC5(C(F)(F)F)CC5)ncc34)cn12. The molecule has 0 saturated heterocycles. The second-order valence-electron chi connectivity index (χ2n) is 7.42. The maximum absolute atomic E-state index is 13.2. The molecule has 0 aromatic carbocycles. The Bertz CT molecular complexity index is 1240. The Labute approximate surface area is 166 Å². The van der Waals surface area contributed by atoms with Crippen molar-refractivity contribution in [1.82, 2.24) is 24.3 Å². The van der Waals surface area contributed by atoms with Crippen molar-refractivity contribution < 1.29 is 22.0 Å². The maximum atomic E-state index is 13.2. The minimum absolute atomic E-state index is 0.0930. The van der Waals surface area contributed by atoms with Gasteiger partial charge in [-0.15, -0.1) is 0 Å². The summed E-state index contributed by atoms with van der Waals surface area (Å²) in [5.74, 6) is 0.0940. The molecule has 4 heterocycles. The van der Waals surface area contributed by atoms with Crippen LogP contribution in [0.4, 0.5) is 27.9 Å². The van der Waals surface area contributed by atoms with Crippen molar-refractivity contribution in [2.24, 2.45) is 5.41 Å². The van der Waals surface area contributed by atoms with Crippen molar-refractivity contribution in [3.63, 3.8) is 0 Å². The van der Waals surface area contributed by atoms with Gasteiger partial charge in [-0.1, -0.05) is 0 Å². The Morgan fingerprint density at radius 2 is 1.97 bits per heavy atom. The second kappa shape index (κ2) is 6.38. The lowest BCUT2D eigenvalue weighted by Gasteiger charge is -2.19. The van der Waals surface area contributed by atoms with E-state index in [1.807, 2.05) is 0 Å². The van der Waals surface area contributed by atoms with Crippen molar-refractivity contribution in [1.29, 1.82) is 0 Å². The first-order valence-corrected chi connectivity index (χ1v) is 9.18. The first-order valence-electron chi connectivity index (χ1n) is 9.18. The van der Waals surface area contributed by atoms with E-state index in [-0.39, 0.29) is 31.0 Å². The highest BCUT2D eigenvalue weighted by Gasteiger charge is 2.62. The van der Waals surface area contributed by atoms with Crippen LogP contribution in [0.2, 0.25) is 0 Å². The second-order valence-corrected chi connectivity index (χ2v) is 7.42. The number of nitrogens with one attached hydrogen (secondary N) is 2. The molecule has 156 valence electrons. The van der Waals surface area contributed by atoms with Crippen LogP contribution in [-0.2, 0) is 0 Å². The summed E-state index contributed by atoms with van der Waals surface area (Å²) in [6, 6.07) is 3.37. The van der Waals surface area contributed by atoms with Crippen LogP contribution in [0.1, 0.15) is 25.0 Å². The summed E-state index contributed by atoms with van der Waals surface area (Å²) >= 11 is 0. The topological polar surface area (TPSA) is 70.9 Å². The number of aromatic amines is 1. The van der Waals surface area contributed by atoms with Crippen molar-refractivity contribution in [2.45, 2.75) is 25.4 Å². The molecule has 30 heavy (non-hydrogen) atoms. The van der Waals surface area contributed by atoms with Crippen LogP contribution in [0.25, 0.3) is 27.8 Å². The van der Waals surface area contributed by atoms with Gasteiger partial charge in [-0.2, -0.15) is 18.2 Å². The van der Waals surface area contributed by atoms with Crippen LogP contribution in [-0.4, -0.2) is 37.1 Å². The third kappa shape index (κ3) is 2.96. The van der Waals surface area contributed by atoms with Gasteiger partial charge in [0, 0.05) is 41.6 Å². The average Bonchev–Trinajstić information content (AvgIpc) is 3.22. The molecule has 1 saturated carbocycles. The molecule has 2 N–H and O–H groups in total. The fourth-order valence-corrected chi connectivity index (χ4v) is 3.51. The van der Waals surface area contributed by atoms with Crippen molar-refractivity contribution >= 4 is 22.6 Å². The monoisotopic (exact) mass is 422 g/mol. The van der Waals surface area contributed by atoms with Gasteiger partial charge >= 0.3 is 6.18 Å². The average molecular weight is 422 g/mol. The molecule has 1 aliphatic carbocycles. The third-order valence-corrected chi connectivity index (χ3v) is 5.54. The zero-order valence-electron chi connectivity index (χ0n) is 15.3. The Balaban J connectivity index is 1.44. The molecule has 4 aromatic rings. The normalized spacial score (nSPS) is 15.9. The van der Waals surface area contributed by atoms with E-state index in [1.165, 1.54) is 10.6 Å². The number of hydrogen-bond acceptors (Lipinski definition) is 4. The van der Waals surface area contributed by atoms with E-state index < -0.39 is 18.0 Å². The van der Waals surface area contributed by atoms with E-state index in [2.05, 4.69) is 25.3 Å². The molecule has 0 spiro atoms. The Hall–Kier alpha value is -3.24. The van der Waals surface area contributed by atoms with Crippen LogP contribution >= 0.6 is 0 Å². The number of halogens is 5. The lowest BCUT2D eigenvalue weighted by molar-refractivity contribution is -0.182. The van der Waals surface area contributed by atoms with Gasteiger partial charge in [0.15, 0.2) is 0 Å². The zero-order valence-corrected chi connectivity index (χ0v) is 15.3. The number of hydrogen-bond donors (Lipinski definition) is 2. The molecule has 0 amide bonds. The molecule has 1 fully saturated rings. The Morgan fingerprint density at radius 1 is 1.17 bits per heavy atom. The van der Waals surface area contributed by atoms with E-state index in [1.54, 1.807) is 24.5 Å². The largest absolute Gasteiger partial charge is 0.396 e. The van der Waals surface area contributed by atoms with Crippen LogP contribution in [0.15, 0.2) is 36.9 Å². The summed E-state index contributed by atoms with van der Waals surface area (Å²) in [6.45, 7) is -0.275. The van der Waals surface area contributed by atoms with Gasteiger partial charge in [0.25, 0.3) is 6.43 Å². The summed E-state index contributed by atoms with van der Waals surface area (Å²) in [6.07, 6.45) is -0.899. The van der Waals surface area contributed by atoms with E-state index in [0.29, 0.717) is 27.8 Å². The van der Waals surface area contributed by atoms with Crippen LogP contribution in [0.3, 0.4) is 0 Å². The number of pyridine rings is 1. The molecule has 0 atom stereocenters. The van der Waals surface area contributed by atoms with Gasteiger partial charge in [-0.3, -0.25) is 4.40 Å². The number of fused-ring (bicyclic) bond motifs is 2. The molecular formula is C19H15F5N6. The van der Waals surface area contributed by atoms with Crippen LogP contribution in [0.5, 0.6) is 0 Å². The van der Waals surface area contributed by atoms with Crippen LogP contribution < -0.4 is 5.32 Å². The number of H-pyrrole nitrogens is 1. The zero-order chi connectivity index (χ0) is 21.1. The molecule has 0 aliphatic heterocycles. The summed E-state index contributed by atoms with van der Waals surface area (Å²) in [5.41, 5.74) is 0.241. The predicted octanol–water partition coefficient (Wildman–Crippen LogP) is 4.96. The van der Waals surface area contributed by atoms with Crippen molar-refractivity contribution in [2.75, 3.05) is 11.9 Å². The highest BCUT2D eigenvalue weighted by atomic mass is 19.4. The van der Waals surface area contributed by atoms with Crippen molar-refractivity contribution in [3.8, 4) is 11.1 Å². The number of alkyl halides is 5. The molecule has 1 aliphatic rings. The maximum Gasteiger partial charge on any atom is 0.396 e. The molecule has 11 heteroatoms. The molecule has 0 radical (unpaired) electrons.